The molecule has 3 heterocycles. The molecule has 146 valence electrons. The molecule has 0 saturated carbocycles. The molecule has 0 aliphatic carbocycles. The minimum absolute atomic E-state index is 0.00470. The number of pyridine rings is 1. The van der Waals surface area contributed by atoms with Crippen LogP contribution in [0.25, 0.3) is 0 Å². The van der Waals surface area contributed by atoms with Gasteiger partial charge in [-0.25, -0.2) is 0 Å². The third kappa shape index (κ3) is 4.01. The smallest absolute Gasteiger partial charge is 0.251 e. The molecule has 28 heavy (non-hydrogen) atoms. The van der Waals surface area contributed by atoms with Crippen LogP contribution in [-0.2, 0) is 29.1 Å². The third-order valence-electron chi connectivity index (χ3n) is 5.63. The molecule has 0 atom stereocenters. The summed E-state index contributed by atoms with van der Waals surface area (Å²) in [5.41, 5.74) is 3.14. The summed E-state index contributed by atoms with van der Waals surface area (Å²) < 4.78 is 1.71. The van der Waals surface area contributed by atoms with Crippen molar-refractivity contribution in [2.24, 2.45) is 0 Å². The van der Waals surface area contributed by atoms with E-state index < -0.39 is 0 Å². The maximum atomic E-state index is 12.6. The first-order valence-corrected chi connectivity index (χ1v) is 9.92. The lowest BCUT2D eigenvalue weighted by atomic mass is 10.0. The van der Waals surface area contributed by atoms with E-state index in [2.05, 4.69) is 0 Å². The molecule has 2 aromatic rings. The molecule has 1 aromatic heterocycles. The van der Waals surface area contributed by atoms with Crippen molar-refractivity contribution in [3.8, 4) is 0 Å². The Bertz CT molecular complexity index is 936. The Hall–Kier alpha value is -2.89. The van der Waals surface area contributed by atoms with Gasteiger partial charge in [-0.15, -0.1) is 0 Å². The molecule has 6 heteroatoms. The van der Waals surface area contributed by atoms with E-state index in [9.17, 15) is 14.4 Å². The lowest BCUT2D eigenvalue weighted by Gasteiger charge is -2.30. The van der Waals surface area contributed by atoms with Crippen LogP contribution in [0.4, 0.5) is 0 Å². The standard InChI is InChI=1S/C22H25N3O3/c26-20-7-4-10-23(20)12-9-21(27)24-11-8-18-13-22(28)25(16-19(18)15-24)14-17-5-2-1-3-6-17/h1-3,5-6,13,16H,4,7-12,14-15H2. The molecule has 6 nitrogen and oxygen atoms in total. The molecule has 1 saturated heterocycles. The summed E-state index contributed by atoms with van der Waals surface area (Å²) >= 11 is 0. The number of nitrogens with zero attached hydrogens (tertiary/aromatic N) is 3. The topological polar surface area (TPSA) is 62.6 Å². The number of benzene rings is 1. The van der Waals surface area contributed by atoms with Gasteiger partial charge in [0.2, 0.25) is 11.8 Å². The Labute approximate surface area is 164 Å². The average Bonchev–Trinajstić information content (AvgIpc) is 3.12. The summed E-state index contributed by atoms with van der Waals surface area (Å²) in [6, 6.07) is 11.6. The predicted molar refractivity (Wildman–Crippen MR) is 106 cm³/mol. The predicted octanol–water partition coefficient (Wildman–Crippen LogP) is 1.79. The van der Waals surface area contributed by atoms with Gasteiger partial charge in [0, 0.05) is 51.3 Å². The van der Waals surface area contributed by atoms with E-state index in [1.165, 1.54) is 0 Å². The van der Waals surface area contributed by atoms with Gasteiger partial charge in [-0.3, -0.25) is 14.4 Å². The fraction of sp³-hybridized carbons (Fsp3) is 0.409. The lowest BCUT2D eigenvalue weighted by Crippen LogP contribution is -2.39. The van der Waals surface area contributed by atoms with E-state index >= 15 is 0 Å². The number of fused-ring (bicyclic) bond motifs is 1. The molecule has 2 amide bonds. The van der Waals surface area contributed by atoms with Gasteiger partial charge in [0.05, 0.1) is 6.54 Å². The van der Waals surface area contributed by atoms with E-state index in [0.29, 0.717) is 45.4 Å². The molecule has 0 spiro atoms. The number of hydrogen-bond donors (Lipinski definition) is 0. The molecule has 0 N–H and O–H groups in total. The van der Waals surface area contributed by atoms with Crippen LogP contribution in [-0.4, -0.2) is 45.8 Å². The highest BCUT2D eigenvalue weighted by atomic mass is 16.2. The van der Waals surface area contributed by atoms with Crippen LogP contribution >= 0.6 is 0 Å². The maximum Gasteiger partial charge on any atom is 0.251 e. The highest BCUT2D eigenvalue weighted by Gasteiger charge is 2.24. The normalized spacial score (nSPS) is 16.4. The number of carbonyl (C=O) groups excluding carboxylic acids is 2. The summed E-state index contributed by atoms with van der Waals surface area (Å²) in [4.78, 5) is 40.4. The Morgan fingerprint density at radius 2 is 1.82 bits per heavy atom. The van der Waals surface area contributed by atoms with Gasteiger partial charge in [0.15, 0.2) is 0 Å². The van der Waals surface area contributed by atoms with Crippen molar-refractivity contribution >= 4 is 11.8 Å². The Balaban J connectivity index is 1.43. The second-order valence-corrected chi connectivity index (χ2v) is 7.58. The maximum absolute atomic E-state index is 12.6. The number of rotatable bonds is 5. The van der Waals surface area contributed by atoms with Crippen LogP contribution < -0.4 is 5.56 Å². The van der Waals surface area contributed by atoms with E-state index in [-0.39, 0.29) is 17.4 Å². The number of aromatic nitrogens is 1. The molecule has 2 aliphatic rings. The van der Waals surface area contributed by atoms with Crippen LogP contribution in [0.3, 0.4) is 0 Å². The highest BCUT2D eigenvalue weighted by molar-refractivity contribution is 5.80. The number of hydrogen-bond acceptors (Lipinski definition) is 3. The van der Waals surface area contributed by atoms with Gasteiger partial charge in [-0.2, -0.15) is 0 Å². The zero-order chi connectivity index (χ0) is 19.5. The summed E-state index contributed by atoms with van der Waals surface area (Å²) in [7, 11) is 0. The van der Waals surface area contributed by atoms with E-state index in [1.807, 2.05) is 41.4 Å². The Kier molecular flexibility index (Phi) is 5.28. The molecule has 1 fully saturated rings. The van der Waals surface area contributed by atoms with E-state index in [4.69, 9.17) is 0 Å². The molecule has 0 unspecified atom stereocenters. The van der Waals surface area contributed by atoms with Gasteiger partial charge in [-0.05, 0) is 29.5 Å². The Morgan fingerprint density at radius 3 is 2.57 bits per heavy atom. The van der Waals surface area contributed by atoms with Gasteiger partial charge in [0.25, 0.3) is 5.56 Å². The quantitative estimate of drug-likeness (QED) is 0.796. The minimum atomic E-state index is -0.00470. The number of likely N-dealkylation sites (tertiary alicyclic amines) is 1. The van der Waals surface area contributed by atoms with Crippen molar-refractivity contribution in [1.82, 2.24) is 14.4 Å². The van der Waals surface area contributed by atoms with Gasteiger partial charge >= 0.3 is 0 Å². The minimum Gasteiger partial charge on any atom is -0.342 e. The van der Waals surface area contributed by atoms with Crippen LogP contribution in [0.2, 0.25) is 0 Å². The van der Waals surface area contributed by atoms with Crippen LogP contribution in [0.15, 0.2) is 47.4 Å². The zero-order valence-electron chi connectivity index (χ0n) is 16.0. The monoisotopic (exact) mass is 379 g/mol. The van der Waals surface area contributed by atoms with Crippen LogP contribution in [0.1, 0.15) is 36.0 Å². The van der Waals surface area contributed by atoms with Crippen molar-refractivity contribution in [1.29, 1.82) is 0 Å². The summed E-state index contributed by atoms with van der Waals surface area (Å²) in [6.45, 7) is 2.95. The van der Waals surface area contributed by atoms with Crippen molar-refractivity contribution in [2.75, 3.05) is 19.6 Å². The first-order chi connectivity index (χ1) is 13.6. The first kappa shape index (κ1) is 18.5. The average molecular weight is 379 g/mol. The fourth-order valence-electron chi connectivity index (χ4n) is 4.02. The number of amides is 2. The molecule has 2 aliphatic heterocycles. The second-order valence-electron chi connectivity index (χ2n) is 7.58. The summed E-state index contributed by atoms with van der Waals surface area (Å²) in [5, 5.41) is 0. The molecule has 0 bridgehead atoms. The van der Waals surface area contributed by atoms with Gasteiger partial charge in [-0.1, -0.05) is 30.3 Å². The molecule has 4 rings (SSSR count). The summed E-state index contributed by atoms with van der Waals surface area (Å²) in [5.74, 6) is 0.230. The first-order valence-electron chi connectivity index (χ1n) is 9.92. The molecular weight excluding hydrogens is 354 g/mol. The Morgan fingerprint density at radius 1 is 1.00 bits per heavy atom. The third-order valence-corrected chi connectivity index (χ3v) is 5.63. The van der Waals surface area contributed by atoms with Crippen LogP contribution in [0, 0.1) is 0 Å². The lowest BCUT2D eigenvalue weighted by molar-refractivity contribution is -0.133. The van der Waals surface area contributed by atoms with Crippen molar-refractivity contribution in [2.45, 2.75) is 38.8 Å². The molecule has 0 radical (unpaired) electrons. The van der Waals surface area contributed by atoms with E-state index in [1.54, 1.807) is 15.5 Å². The largest absolute Gasteiger partial charge is 0.342 e. The van der Waals surface area contributed by atoms with E-state index in [0.717, 1.165) is 29.7 Å². The fourth-order valence-corrected chi connectivity index (χ4v) is 4.02. The van der Waals surface area contributed by atoms with Gasteiger partial charge < -0.3 is 14.4 Å². The zero-order valence-corrected chi connectivity index (χ0v) is 16.0. The number of carbonyl (C=O) groups is 2. The second kappa shape index (κ2) is 8.00. The summed E-state index contributed by atoms with van der Waals surface area (Å²) in [6.07, 6.45) is 4.46. The van der Waals surface area contributed by atoms with Crippen molar-refractivity contribution in [3.63, 3.8) is 0 Å². The van der Waals surface area contributed by atoms with Crippen LogP contribution in [0.5, 0.6) is 0 Å². The van der Waals surface area contributed by atoms with Crippen molar-refractivity contribution < 1.29 is 9.59 Å². The molecule has 1 aromatic carbocycles. The SMILES string of the molecule is O=C1CCCN1CCC(=O)N1CCc2cc(=O)n(Cc3ccccc3)cc2C1. The van der Waals surface area contributed by atoms with Gasteiger partial charge in [0.1, 0.15) is 0 Å². The van der Waals surface area contributed by atoms with Crippen molar-refractivity contribution in [3.05, 3.63) is 69.6 Å². The molecular formula is C22H25N3O3. The highest BCUT2D eigenvalue weighted by Crippen LogP contribution is 2.19.